The normalized spacial score (nSPS) is 22.8. The minimum Gasteiger partial charge on any atom is -0.323 e. The van der Waals surface area contributed by atoms with Gasteiger partial charge in [-0.25, -0.2) is 4.98 Å². The number of aromatic nitrogens is 2. The molecule has 0 spiro atoms. The van der Waals surface area contributed by atoms with Gasteiger partial charge in [0.2, 0.25) is 0 Å². The predicted octanol–water partition coefficient (Wildman–Crippen LogP) is 4.03. The number of benzene rings is 1. The molecule has 2 heterocycles. The van der Waals surface area contributed by atoms with Gasteiger partial charge < -0.3 is 4.57 Å². The quantitative estimate of drug-likeness (QED) is 0.733. The van der Waals surface area contributed by atoms with Gasteiger partial charge in [0, 0.05) is 5.56 Å². The number of hydrogen-bond acceptors (Lipinski definition) is 1. The summed E-state index contributed by atoms with van der Waals surface area (Å²) in [5.41, 5.74) is 4.22. The van der Waals surface area contributed by atoms with Crippen LogP contribution in [0.2, 0.25) is 0 Å². The van der Waals surface area contributed by atoms with E-state index in [1.165, 1.54) is 48.9 Å². The Morgan fingerprint density at radius 2 is 1.89 bits per heavy atom. The fraction of sp³-hybridized carbons (Fsp3) is 0.438. The van der Waals surface area contributed by atoms with E-state index in [-0.39, 0.29) is 0 Å². The van der Waals surface area contributed by atoms with Crippen molar-refractivity contribution < 1.29 is 0 Å². The summed E-state index contributed by atoms with van der Waals surface area (Å²) in [7, 11) is 0. The topological polar surface area (TPSA) is 17.8 Å². The molecule has 0 saturated heterocycles. The van der Waals surface area contributed by atoms with Gasteiger partial charge in [0.05, 0.1) is 24.3 Å². The van der Waals surface area contributed by atoms with E-state index in [9.17, 15) is 0 Å². The molecule has 92 valence electrons. The van der Waals surface area contributed by atoms with E-state index in [2.05, 4.69) is 33.8 Å². The molecule has 0 radical (unpaired) electrons. The number of nitrogens with zero attached hydrogens (tertiary/aromatic N) is 2. The van der Waals surface area contributed by atoms with Gasteiger partial charge in [-0.2, -0.15) is 0 Å². The van der Waals surface area contributed by atoms with E-state index in [0.717, 1.165) is 5.92 Å². The third-order valence-corrected chi connectivity index (χ3v) is 4.62. The Hall–Kier alpha value is -1.57. The van der Waals surface area contributed by atoms with Gasteiger partial charge >= 0.3 is 0 Å². The van der Waals surface area contributed by atoms with Gasteiger partial charge in [0.25, 0.3) is 0 Å². The van der Waals surface area contributed by atoms with Gasteiger partial charge in [-0.1, -0.05) is 43.5 Å². The van der Waals surface area contributed by atoms with E-state index in [1.807, 2.05) is 12.5 Å². The SMILES string of the molecule is c1ccc2c(c1)-c1cncn1[C@@H]2C1CCCCC1. The van der Waals surface area contributed by atoms with E-state index in [4.69, 9.17) is 0 Å². The summed E-state index contributed by atoms with van der Waals surface area (Å²) < 4.78 is 2.40. The van der Waals surface area contributed by atoms with E-state index in [1.54, 1.807) is 0 Å². The van der Waals surface area contributed by atoms with Crippen LogP contribution in [-0.4, -0.2) is 9.55 Å². The van der Waals surface area contributed by atoms with E-state index in [0.29, 0.717) is 6.04 Å². The number of imidazole rings is 1. The third kappa shape index (κ3) is 1.38. The zero-order valence-corrected chi connectivity index (χ0v) is 10.5. The zero-order valence-electron chi connectivity index (χ0n) is 10.5. The van der Waals surface area contributed by atoms with Crippen LogP contribution in [0.25, 0.3) is 11.3 Å². The summed E-state index contributed by atoms with van der Waals surface area (Å²) in [5.74, 6) is 0.801. The lowest BCUT2D eigenvalue weighted by Gasteiger charge is -2.29. The Balaban J connectivity index is 1.83. The van der Waals surface area contributed by atoms with Gasteiger partial charge in [-0.05, 0) is 24.3 Å². The van der Waals surface area contributed by atoms with Crippen molar-refractivity contribution in [2.45, 2.75) is 38.1 Å². The maximum absolute atomic E-state index is 4.35. The molecule has 1 aromatic carbocycles. The first kappa shape index (κ1) is 10.4. The van der Waals surface area contributed by atoms with Gasteiger partial charge in [0.1, 0.15) is 0 Å². The second kappa shape index (κ2) is 3.98. The molecule has 2 heteroatoms. The Morgan fingerprint density at radius 3 is 2.78 bits per heavy atom. The van der Waals surface area contributed by atoms with Gasteiger partial charge in [-0.15, -0.1) is 0 Å². The highest BCUT2D eigenvalue weighted by Gasteiger charge is 2.34. The first-order chi connectivity index (χ1) is 8.95. The molecule has 18 heavy (non-hydrogen) atoms. The van der Waals surface area contributed by atoms with Crippen LogP contribution in [0, 0.1) is 5.92 Å². The van der Waals surface area contributed by atoms with E-state index >= 15 is 0 Å². The van der Waals surface area contributed by atoms with Gasteiger partial charge in [0.15, 0.2) is 0 Å². The molecule has 1 atom stereocenters. The monoisotopic (exact) mass is 238 g/mol. The predicted molar refractivity (Wildman–Crippen MR) is 72.4 cm³/mol. The minimum absolute atomic E-state index is 0.541. The van der Waals surface area contributed by atoms with Crippen LogP contribution in [-0.2, 0) is 0 Å². The average Bonchev–Trinajstić information content (AvgIpc) is 2.99. The molecule has 0 bridgehead atoms. The highest BCUT2D eigenvalue weighted by Crippen LogP contribution is 2.46. The lowest BCUT2D eigenvalue weighted by Crippen LogP contribution is -2.19. The van der Waals surface area contributed by atoms with E-state index < -0.39 is 0 Å². The molecule has 1 aliphatic carbocycles. The molecule has 1 aliphatic heterocycles. The smallest absolute Gasteiger partial charge is 0.0956 e. The van der Waals surface area contributed by atoms with Gasteiger partial charge in [-0.3, -0.25) is 0 Å². The molecule has 2 aromatic rings. The lowest BCUT2D eigenvalue weighted by atomic mass is 9.81. The number of rotatable bonds is 1. The lowest BCUT2D eigenvalue weighted by molar-refractivity contribution is 0.286. The van der Waals surface area contributed by atoms with Crippen molar-refractivity contribution in [2.75, 3.05) is 0 Å². The van der Waals surface area contributed by atoms with Crippen LogP contribution < -0.4 is 0 Å². The highest BCUT2D eigenvalue weighted by atomic mass is 15.1. The minimum atomic E-state index is 0.541. The van der Waals surface area contributed by atoms with Crippen LogP contribution >= 0.6 is 0 Å². The summed E-state index contributed by atoms with van der Waals surface area (Å²) >= 11 is 0. The fourth-order valence-electron chi connectivity index (χ4n) is 3.80. The number of fused-ring (bicyclic) bond motifs is 3. The van der Waals surface area contributed by atoms with Crippen LogP contribution in [0.1, 0.15) is 43.7 Å². The Bertz CT molecular complexity index is 564. The molecule has 1 saturated carbocycles. The second-order valence-corrected chi connectivity index (χ2v) is 5.62. The summed E-state index contributed by atoms with van der Waals surface area (Å²) in [6, 6.07) is 9.40. The summed E-state index contributed by atoms with van der Waals surface area (Å²) in [6.07, 6.45) is 11.0. The second-order valence-electron chi connectivity index (χ2n) is 5.62. The van der Waals surface area contributed by atoms with Crippen molar-refractivity contribution in [3.63, 3.8) is 0 Å². The average molecular weight is 238 g/mol. The Labute approximate surface area is 108 Å². The Morgan fingerprint density at radius 1 is 1.06 bits per heavy atom. The van der Waals surface area contributed by atoms with Crippen molar-refractivity contribution in [3.8, 4) is 11.3 Å². The maximum atomic E-state index is 4.35. The fourth-order valence-corrected chi connectivity index (χ4v) is 3.80. The highest BCUT2D eigenvalue weighted by molar-refractivity contribution is 5.69. The Kier molecular flexibility index (Phi) is 2.29. The molecule has 2 nitrogen and oxygen atoms in total. The first-order valence-electron chi connectivity index (χ1n) is 7.06. The standard InChI is InChI=1S/C16H18N2/c1-2-6-12(7-3-1)16-14-9-5-4-8-13(14)15-10-17-11-18(15)16/h4-5,8-12,16H,1-3,6-7H2/t16-/m1/s1. The summed E-state index contributed by atoms with van der Waals surface area (Å²) in [4.78, 5) is 4.35. The molecule has 4 rings (SSSR count). The van der Waals surface area contributed by atoms with Crippen molar-refractivity contribution in [3.05, 3.63) is 42.4 Å². The first-order valence-corrected chi connectivity index (χ1v) is 7.06. The largest absolute Gasteiger partial charge is 0.323 e. The molecule has 1 aromatic heterocycles. The molecule has 2 aliphatic rings. The molecule has 0 unspecified atom stereocenters. The van der Waals surface area contributed by atoms with Crippen LogP contribution in [0.5, 0.6) is 0 Å². The van der Waals surface area contributed by atoms with Crippen LogP contribution in [0.15, 0.2) is 36.8 Å². The molecular weight excluding hydrogens is 220 g/mol. The number of hydrogen-bond donors (Lipinski definition) is 0. The maximum Gasteiger partial charge on any atom is 0.0956 e. The van der Waals surface area contributed by atoms with Crippen LogP contribution in [0.3, 0.4) is 0 Å². The van der Waals surface area contributed by atoms with Crippen molar-refractivity contribution in [2.24, 2.45) is 5.92 Å². The zero-order chi connectivity index (χ0) is 11.9. The summed E-state index contributed by atoms with van der Waals surface area (Å²) in [6.45, 7) is 0. The third-order valence-electron chi connectivity index (χ3n) is 4.62. The van der Waals surface area contributed by atoms with Crippen molar-refractivity contribution >= 4 is 0 Å². The molecule has 1 fully saturated rings. The van der Waals surface area contributed by atoms with Crippen LogP contribution in [0.4, 0.5) is 0 Å². The summed E-state index contributed by atoms with van der Waals surface area (Å²) in [5, 5.41) is 0. The molecule has 0 amide bonds. The van der Waals surface area contributed by atoms with Crippen molar-refractivity contribution in [1.82, 2.24) is 9.55 Å². The molecular formula is C16H18N2. The van der Waals surface area contributed by atoms with Crippen molar-refractivity contribution in [1.29, 1.82) is 0 Å². The molecule has 0 N–H and O–H groups in total.